The van der Waals surface area contributed by atoms with E-state index in [9.17, 15) is 0 Å². The molecule has 1 heterocycles. The molecular formula is C14H21NO2. The third-order valence-electron chi connectivity index (χ3n) is 3.38. The molecule has 0 bridgehead atoms. The quantitative estimate of drug-likeness (QED) is 0.869. The average molecular weight is 235 g/mol. The van der Waals surface area contributed by atoms with Gasteiger partial charge in [0.1, 0.15) is 5.75 Å². The Hall–Kier alpha value is -1.22. The lowest BCUT2D eigenvalue weighted by atomic mass is 9.97. The van der Waals surface area contributed by atoms with Gasteiger partial charge in [-0.3, -0.25) is 0 Å². The van der Waals surface area contributed by atoms with E-state index in [1.54, 1.807) is 0 Å². The van der Waals surface area contributed by atoms with E-state index in [0.29, 0.717) is 19.1 Å². The van der Waals surface area contributed by atoms with E-state index < -0.39 is 0 Å². The largest absolute Gasteiger partial charge is 0.492 e. The lowest BCUT2D eigenvalue weighted by Gasteiger charge is -2.33. The monoisotopic (exact) mass is 235 g/mol. The molecule has 0 saturated carbocycles. The van der Waals surface area contributed by atoms with E-state index in [4.69, 9.17) is 9.84 Å². The van der Waals surface area contributed by atoms with Crippen molar-refractivity contribution in [3.63, 3.8) is 0 Å². The van der Waals surface area contributed by atoms with E-state index in [0.717, 1.165) is 31.7 Å². The summed E-state index contributed by atoms with van der Waals surface area (Å²) < 4.78 is 5.65. The second kappa shape index (κ2) is 5.92. The number of hydrogen-bond acceptors (Lipinski definition) is 3. The molecule has 1 aromatic rings. The van der Waals surface area contributed by atoms with Crippen molar-refractivity contribution in [1.29, 1.82) is 0 Å². The Morgan fingerprint density at radius 2 is 2.00 bits per heavy atom. The van der Waals surface area contributed by atoms with Crippen LogP contribution in [0.15, 0.2) is 24.3 Å². The number of aliphatic hydroxyl groups is 1. The number of aliphatic hydroxyl groups excluding tert-OH is 1. The smallest absolute Gasteiger partial charge is 0.142 e. The van der Waals surface area contributed by atoms with Gasteiger partial charge in [0.2, 0.25) is 0 Å². The molecule has 1 saturated heterocycles. The summed E-state index contributed by atoms with van der Waals surface area (Å²) >= 11 is 0. The number of piperidine rings is 1. The average Bonchev–Trinajstić information content (AvgIpc) is 2.40. The van der Waals surface area contributed by atoms with Crippen LogP contribution in [0.1, 0.15) is 19.8 Å². The number of anilines is 1. The molecule has 17 heavy (non-hydrogen) atoms. The highest BCUT2D eigenvalue weighted by molar-refractivity contribution is 5.58. The Kier molecular flexibility index (Phi) is 4.26. The van der Waals surface area contributed by atoms with Gasteiger partial charge >= 0.3 is 0 Å². The van der Waals surface area contributed by atoms with Gasteiger partial charge < -0.3 is 14.7 Å². The highest BCUT2D eigenvalue weighted by Gasteiger charge is 2.20. The van der Waals surface area contributed by atoms with Crippen LogP contribution in [-0.2, 0) is 0 Å². The number of para-hydroxylation sites is 2. The van der Waals surface area contributed by atoms with Gasteiger partial charge in [0, 0.05) is 19.7 Å². The molecule has 94 valence electrons. The van der Waals surface area contributed by atoms with Crippen LogP contribution in [-0.4, -0.2) is 31.4 Å². The molecule has 1 aliphatic heterocycles. The Balaban J connectivity index is 2.07. The standard InChI is InChI=1S/C14H21NO2/c1-2-17-14-6-4-3-5-13(14)15-9-7-12(11-16)8-10-15/h3-6,12,16H,2,7-11H2,1H3. The predicted molar refractivity (Wildman–Crippen MR) is 69.6 cm³/mol. The maximum atomic E-state index is 9.14. The predicted octanol–water partition coefficient (Wildman–Crippen LogP) is 2.29. The van der Waals surface area contributed by atoms with Crippen molar-refractivity contribution in [1.82, 2.24) is 0 Å². The summed E-state index contributed by atoms with van der Waals surface area (Å²) in [5.74, 6) is 1.45. The fourth-order valence-electron chi connectivity index (χ4n) is 2.35. The van der Waals surface area contributed by atoms with Crippen LogP contribution >= 0.6 is 0 Å². The molecule has 0 unspecified atom stereocenters. The van der Waals surface area contributed by atoms with Crippen molar-refractivity contribution in [2.24, 2.45) is 5.92 Å². The van der Waals surface area contributed by atoms with Gasteiger partial charge in [-0.25, -0.2) is 0 Å². The van der Waals surface area contributed by atoms with Gasteiger partial charge in [-0.05, 0) is 37.8 Å². The molecule has 3 heteroatoms. The third kappa shape index (κ3) is 2.91. The summed E-state index contributed by atoms with van der Waals surface area (Å²) in [6, 6.07) is 8.20. The van der Waals surface area contributed by atoms with Crippen LogP contribution in [0, 0.1) is 5.92 Å². The van der Waals surface area contributed by atoms with E-state index in [-0.39, 0.29) is 0 Å². The maximum absolute atomic E-state index is 9.14. The molecule has 0 radical (unpaired) electrons. The summed E-state index contributed by atoms with van der Waals surface area (Å²) in [7, 11) is 0. The van der Waals surface area contributed by atoms with Crippen molar-refractivity contribution >= 4 is 5.69 Å². The molecule has 0 spiro atoms. The molecule has 1 fully saturated rings. The van der Waals surface area contributed by atoms with Crippen LogP contribution in [0.2, 0.25) is 0 Å². The van der Waals surface area contributed by atoms with Gasteiger partial charge in [0.15, 0.2) is 0 Å². The van der Waals surface area contributed by atoms with Crippen LogP contribution in [0.4, 0.5) is 5.69 Å². The van der Waals surface area contributed by atoms with Gasteiger partial charge in [0.05, 0.1) is 12.3 Å². The van der Waals surface area contributed by atoms with Crippen molar-refractivity contribution < 1.29 is 9.84 Å². The van der Waals surface area contributed by atoms with Crippen molar-refractivity contribution in [3.8, 4) is 5.75 Å². The SMILES string of the molecule is CCOc1ccccc1N1CCC(CO)CC1. The summed E-state index contributed by atoms with van der Waals surface area (Å²) in [5, 5.41) is 9.14. The first kappa shape index (κ1) is 12.2. The van der Waals surface area contributed by atoms with Crippen LogP contribution in [0.25, 0.3) is 0 Å². The fraction of sp³-hybridized carbons (Fsp3) is 0.571. The first-order valence-corrected chi connectivity index (χ1v) is 6.42. The van der Waals surface area contributed by atoms with Gasteiger partial charge in [-0.2, -0.15) is 0 Å². The van der Waals surface area contributed by atoms with E-state index in [2.05, 4.69) is 17.0 Å². The van der Waals surface area contributed by atoms with Crippen LogP contribution in [0.5, 0.6) is 5.75 Å². The zero-order chi connectivity index (χ0) is 12.1. The topological polar surface area (TPSA) is 32.7 Å². The van der Waals surface area contributed by atoms with Crippen molar-refractivity contribution in [3.05, 3.63) is 24.3 Å². The zero-order valence-corrected chi connectivity index (χ0v) is 10.4. The third-order valence-corrected chi connectivity index (χ3v) is 3.38. The first-order valence-electron chi connectivity index (χ1n) is 6.42. The summed E-state index contributed by atoms with van der Waals surface area (Å²) in [6.07, 6.45) is 2.13. The molecule has 0 atom stereocenters. The van der Waals surface area contributed by atoms with Gasteiger partial charge in [0.25, 0.3) is 0 Å². The molecule has 1 aliphatic rings. The molecule has 2 rings (SSSR count). The summed E-state index contributed by atoms with van der Waals surface area (Å²) in [4.78, 5) is 2.36. The van der Waals surface area contributed by atoms with Crippen LogP contribution in [0.3, 0.4) is 0 Å². The second-order valence-electron chi connectivity index (χ2n) is 4.51. The zero-order valence-electron chi connectivity index (χ0n) is 10.4. The number of rotatable bonds is 4. The van der Waals surface area contributed by atoms with Crippen LogP contribution < -0.4 is 9.64 Å². The molecular weight excluding hydrogens is 214 g/mol. The Morgan fingerprint density at radius 1 is 1.29 bits per heavy atom. The van der Waals surface area contributed by atoms with E-state index in [1.807, 2.05) is 19.1 Å². The highest BCUT2D eigenvalue weighted by atomic mass is 16.5. The maximum Gasteiger partial charge on any atom is 0.142 e. The van der Waals surface area contributed by atoms with E-state index in [1.165, 1.54) is 5.69 Å². The second-order valence-corrected chi connectivity index (χ2v) is 4.51. The number of nitrogens with zero attached hydrogens (tertiary/aromatic N) is 1. The molecule has 1 N–H and O–H groups in total. The molecule has 0 amide bonds. The number of ether oxygens (including phenoxy) is 1. The van der Waals surface area contributed by atoms with Gasteiger partial charge in [-0.1, -0.05) is 12.1 Å². The number of hydrogen-bond donors (Lipinski definition) is 1. The molecule has 3 nitrogen and oxygen atoms in total. The van der Waals surface area contributed by atoms with Crippen molar-refractivity contribution in [2.45, 2.75) is 19.8 Å². The fourth-order valence-corrected chi connectivity index (χ4v) is 2.35. The molecule has 0 aromatic heterocycles. The summed E-state index contributed by atoms with van der Waals surface area (Å²) in [6.45, 7) is 5.05. The molecule has 1 aromatic carbocycles. The first-order chi connectivity index (χ1) is 8.35. The normalized spacial score (nSPS) is 17.2. The summed E-state index contributed by atoms with van der Waals surface area (Å²) in [5.41, 5.74) is 1.19. The molecule has 0 aliphatic carbocycles. The Morgan fingerprint density at radius 3 is 2.65 bits per heavy atom. The van der Waals surface area contributed by atoms with Crippen molar-refractivity contribution in [2.75, 3.05) is 31.2 Å². The van der Waals surface area contributed by atoms with E-state index >= 15 is 0 Å². The Bertz CT molecular complexity index is 346. The minimum absolute atomic E-state index is 0.320. The highest BCUT2D eigenvalue weighted by Crippen LogP contribution is 2.31. The minimum atomic E-state index is 0.320. The lowest BCUT2D eigenvalue weighted by molar-refractivity contribution is 0.202. The minimum Gasteiger partial charge on any atom is -0.492 e. The number of benzene rings is 1. The van der Waals surface area contributed by atoms with Gasteiger partial charge in [-0.15, -0.1) is 0 Å². The Labute approximate surface area is 103 Å². The lowest BCUT2D eigenvalue weighted by Crippen LogP contribution is -2.34.